The Kier molecular flexibility index (Phi) is 7.04. The summed E-state index contributed by atoms with van der Waals surface area (Å²) in [5.41, 5.74) is 1.32. The lowest BCUT2D eigenvalue weighted by Gasteiger charge is -2.42. The van der Waals surface area contributed by atoms with Crippen molar-refractivity contribution in [3.63, 3.8) is 0 Å². The molecular weight excluding hydrogens is 509 g/mol. The van der Waals surface area contributed by atoms with Gasteiger partial charge in [0.25, 0.3) is 16.1 Å². The molecule has 1 aliphatic carbocycles. The molecule has 6 rings (SSSR count). The fraction of sp³-hybridized carbons (Fsp3) is 0.630. The number of hydrogen-bond donors (Lipinski definition) is 2. The topological polar surface area (TPSA) is 108 Å². The second kappa shape index (κ2) is 10.3. The Morgan fingerprint density at radius 3 is 2.32 bits per heavy atom. The zero-order valence-corrected chi connectivity index (χ0v) is 22.5. The van der Waals surface area contributed by atoms with E-state index < -0.39 is 10.2 Å². The van der Waals surface area contributed by atoms with Crippen LogP contribution in [0.1, 0.15) is 92.1 Å². The summed E-state index contributed by atoms with van der Waals surface area (Å²) in [6.45, 7) is 3.00. The molecule has 2 bridgehead atoms. The van der Waals surface area contributed by atoms with Gasteiger partial charge in [0, 0.05) is 55.3 Å². The van der Waals surface area contributed by atoms with Crippen molar-refractivity contribution in [3.05, 3.63) is 53.2 Å². The Labute approximate surface area is 223 Å². The van der Waals surface area contributed by atoms with Crippen LogP contribution in [0.25, 0.3) is 0 Å². The van der Waals surface area contributed by atoms with Gasteiger partial charge in [-0.25, -0.2) is 4.39 Å². The van der Waals surface area contributed by atoms with E-state index in [0.717, 1.165) is 49.8 Å². The summed E-state index contributed by atoms with van der Waals surface area (Å²) in [7, 11) is -3.58. The molecule has 0 spiro atoms. The maximum atomic E-state index is 13.7. The van der Waals surface area contributed by atoms with Gasteiger partial charge < -0.3 is 15.2 Å². The number of halogens is 1. The van der Waals surface area contributed by atoms with Crippen molar-refractivity contribution < 1.29 is 22.1 Å². The molecule has 1 aromatic carbocycles. The van der Waals surface area contributed by atoms with Crippen molar-refractivity contribution in [2.45, 2.75) is 94.4 Å². The number of nitrogens with one attached hydrogen (secondary N) is 2. The number of amides is 1. The van der Waals surface area contributed by atoms with Gasteiger partial charge in [-0.3, -0.25) is 4.79 Å². The lowest BCUT2D eigenvalue weighted by molar-refractivity contribution is 0.0897. The highest BCUT2D eigenvalue weighted by atomic mass is 32.2. The minimum absolute atomic E-state index is 0.0615. The molecule has 4 atom stereocenters. The first kappa shape index (κ1) is 25.9. The molecule has 3 saturated heterocycles. The Bertz CT molecular complexity index is 1240. The maximum Gasteiger partial charge on any atom is 0.282 e. The first-order chi connectivity index (χ1) is 18.3. The first-order valence-corrected chi connectivity index (χ1v) is 15.2. The minimum Gasteiger partial charge on any atom is -0.360 e. The fourth-order valence-electron chi connectivity index (χ4n) is 6.43. The molecule has 38 heavy (non-hydrogen) atoms. The van der Waals surface area contributed by atoms with Crippen LogP contribution in [-0.4, -0.2) is 65.3 Å². The second-order valence-electron chi connectivity index (χ2n) is 11.4. The number of carbonyl (C=O) groups excluding carboxylic acids is 1. The molecule has 1 saturated carbocycles. The molecule has 1 unspecified atom stereocenters. The number of aromatic nitrogens is 1. The summed E-state index contributed by atoms with van der Waals surface area (Å²) in [5.74, 6) is 0.676. The molecule has 3 aliphatic heterocycles. The minimum atomic E-state index is -3.58. The lowest BCUT2D eigenvalue weighted by atomic mass is 9.99. The molecule has 1 amide bonds. The highest BCUT2D eigenvalue weighted by Crippen LogP contribution is 2.41. The molecule has 2 aromatic rings. The SMILES string of the molecule is C[C@@H](NC1CCN(S(=O)(=O)N2[C@@H]3CC[C@H]2CC(NC(=O)c2cc(C4CC4)on2)C3)CC1)c1ccc(F)cc1. The normalized spacial score (nSPS) is 27.9. The summed E-state index contributed by atoms with van der Waals surface area (Å²) >= 11 is 0. The van der Waals surface area contributed by atoms with Crippen LogP contribution in [0.15, 0.2) is 34.9 Å². The lowest BCUT2D eigenvalue weighted by Crippen LogP contribution is -2.57. The van der Waals surface area contributed by atoms with Crippen LogP contribution in [-0.2, 0) is 10.2 Å². The summed E-state index contributed by atoms with van der Waals surface area (Å²) in [6.07, 6.45) is 6.48. The zero-order valence-electron chi connectivity index (χ0n) is 21.7. The van der Waals surface area contributed by atoms with Gasteiger partial charge in [0.2, 0.25) is 0 Å². The van der Waals surface area contributed by atoms with Gasteiger partial charge in [0.15, 0.2) is 5.69 Å². The number of benzene rings is 1. The smallest absolute Gasteiger partial charge is 0.282 e. The predicted molar refractivity (Wildman–Crippen MR) is 139 cm³/mol. The van der Waals surface area contributed by atoms with Crippen molar-refractivity contribution >= 4 is 16.1 Å². The number of fused-ring (bicyclic) bond motifs is 2. The fourth-order valence-corrected chi connectivity index (χ4v) is 8.51. The zero-order chi connectivity index (χ0) is 26.4. The van der Waals surface area contributed by atoms with Gasteiger partial charge in [0.1, 0.15) is 11.6 Å². The molecule has 4 heterocycles. The predicted octanol–water partition coefficient (Wildman–Crippen LogP) is 3.48. The van der Waals surface area contributed by atoms with Gasteiger partial charge in [-0.05, 0) is 76.0 Å². The van der Waals surface area contributed by atoms with E-state index in [1.807, 2.05) is 6.92 Å². The summed E-state index contributed by atoms with van der Waals surface area (Å²) in [4.78, 5) is 12.7. The van der Waals surface area contributed by atoms with Gasteiger partial charge in [-0.15, -0.1) is 0 Å². The average molecular weight is 546 g/mol. The Morgan fingerprint density at radius 1 is 1.03 bits per heavy atom. The third kappa shape index (κ3) is 5.25. The van der Waals surface area contributed by atoms with E-state index in [4.69, 9.17) is 4.52 Å². The van der Waals surface area contributed by atoms with Crippen LogP contribution in [0.4, 0.5) is 4.39 Å². The summed E-state index contributed by atoms with van der Waals surface area (Å²) in [6, 6.07) is 8.22. The van der Waals surface area contributed by atoms with Gasteiger partial charge in [-0.1, -0.05) is 17.3 Å². The number of nitrogens with zero attached hydrogens (tertiary/aromatic N) is 3. The molecule has 4 fully saturated rings. The molecule has 2 N–H and O–H groups in total. The van der Waals surface area contributed by atoms with Crippen LogP contribution in [0.3, 0.4) is 0 Å². The number of carbonyl (C=O) groups is 1. The Morgan fingerprint density at radius 2 is 1.68 bits per heavy atom. The van der Waals surface area contributed by atoms with E-state index in [9.17, 15) is 17.6 Å². The first-order valence-electron chi connectivity index (χ1n) is 13.9. The van der Waals surface area contributed by atoms with Crippen molar-refractivity contribution in [1.29, 1.82) is 0 Å². The Balaban J connectivity index is 1.02. The van der Waals surface area contributed by atoms with E-state index in [0.29, 0.717) is 37.5 Å². The number of rotatable bonds is 8. The molecule has 206 valence electrons. The van der Waals surface area contributed by atoms with Crippen molar-refractivity contribution in [2.75, 3.05) is 13.1 Å². The van der Waals surface area contributed by atoms with Crippen LogP contribution < -0.4 is 10.6 Å². The highest BCUT2D eigenvalue weighted by Gasteiger charge is 2.49. The highest BCUT2D eigenvalue weighted by molar-refractivity contribution is 7.86. The van der Waals surface area contributed by atoms with Gasteiger partial charge in [-0.2, -0.15) is 17.0 Å². The van der Waals surface area contributed by atoms with E-state index in [-0.39, 0.29) is 41.9 Å². The standard InChI is InChI=1S/C27H36FN5O4S/c1-17(18-4-6-20(28)7-5-18)29-21-10-12-32(13-11-21)38(35,36)33-23-8-9-24(33)15-22(14-23)30-27(34)25-16-26(37-31-25)19-2-3-19/h4-7,16-17,19,21-24,29H,2-3,8-15H2,1H3,(H,30,34)/t17-,22?,23-,24+/m1/s1. The summed E-state index contributed by atoms with van der Waals surface area (Å²) in [5, 5.41) is 10.6. The van der Waals surface area contributed by atoms with Crippen molar-refractivity contribution in [3.8, 4) is 0 Å². The second-order valence-corrected chi connectivity index (χ2v) is 13.2. The van der Waals surface area contributed by atoms with Crippen LogP contribution in [0.5, 0.6) is 0 Å². The molecule has 9 nitrogen and oxygen atoms in total. The summed E-state index contributed by atoms with van der Waals surface area (Å²) < 4.78 is 49.3. The van der Waals surface area contributed by atoms with E-state index >= 15 is 0 Å². The monoisotopic (exact) mass is 545 g/mol. The van der Waals surface area contributed by atoms with Gasteiger partial charge >= 0.3 is 0 Å². The largest absolute Gasteiger partial charge is 0.360 e. The van der Waals surface area contributed by atoms with E-state index in [2.05, 4.69) is 15.8 Å². The van der Waals surface area contributed by atoms with Crippen LogP contribution in [0, 0.1) is 5.82 Å². The quantitative estimate of drug-likeness (QED) is 0.526. The third-order valence-corrected chi connectivity index (χ3v) is 10.8. The van der Waals surface area contributed by atoms with Gasteiger partial charge in [0.05, 0.1) is 0 Å². The number of piperidine rings is 2. The molecule has 1 aromatic heterocycles. The van der Waals surface area contributed by atoms with Crippen molar-refractivity contribution in [1.82, 2.24) is 24.4 Å². The molecule has 4 aliphatic rings. The number of hydrogen-bond acceptors (Lipinski definition) is 6. The van der Waals surface area contributed by atoms with Crippen LogP contribution in [0.2, 0.25) is 0 Å². The third-order valence-electron chi connectivity index (χ3n) is 8.64. The molecule has 0 radical (unpaired) electrons. The molecule has 11 heteroatoms. The van der Waals surface area contributed by atoms with E-state index in [1.54, 1.807) is 26.8 Å². The Hall–Kier alpha value is -2.34. The van der Waals surface area contributed by atoms with Crippen LogP contribution >= 0.6 is 0 Å². The van der Waals surface area contributed by atoms with E-state index in [1.165, 1.54) is 12.1 Å². The molecular formula is C27H36FN5O4S. The average Bonchev–Trinajstić information content (AvgIpc) is 3.55. The maximum absolute atomic E-state index is 13.7. The van der Waals surface area contributed by atoms with Crippen molar-refractivity contribution in [2.24, 2.45) is 0 Å².